The van der Waals surface area contributed by atoms with Crippen molar-refractivity contribution in [2.75, 3.05) is 0 Å². The fourth-order valence-electron chi connectivity index (χ4n) is 4.39. The Labute approximate surface area is 142 Å². The van der Waals surface area contributed by atoms with E-state index in [4.69, 9.17) is 0 Å². The van der Waals surface area contributed by atoms with Gasteiger partial charge >= 0.3 is 0 Å². The molecule has 0 aliphatic carbocycles. The summed E-state index contributed by atoms with van der Waals surface area (Å²) < 4.78 is 0. The number of rotatable bonds is 12. The highest BCUT2D eigenvalue weighted by molar-refractivity contribution is 4.75. The van der Waals surface area contributed by atoms with E-state index in [2.05, 4.69) is 62.3 Å². The molecule has 0 rings (SSSR count). The van der Waals surface area contributed by atoms with E-state index >= 15 is 0 Å². The zero-order valence-electron chi connectivity index (χ0n) is 17.3. The van der Waals surface area contributed by atoms with Crippen molar-refractivity contribution >= 4 is 0 Å². The average molecular weight is 311 g/mol. The maximum Gasteiger partial charge on any atom is -0.0352 e. The van der Waals surface area contributed by atoms with Crippen molar-refractivity contribution in [3.8, 4) is 0 Å². The SMILES string of the molecule is CCCC(C)(C)CC(C)C(C)CCC(C)CC(C)CC(C)C. The van der Waals surface area contributed by atoms with Gasteiger partial charge in [-0.1, -0.05) is 81.6 Å². The molecule has 0 amide bonds. The van der Waals surface area contributed by atoms with E-state index in [1.165, 1.54) is 44.9 Å². The van der Waals surface area contributed by atoms with E-state index in [1.807, 2.05) is 0 Å². The molecule has 0 saturated heterocycles. The first kappa shape index (κ1) is 22.0. The van der Waals surface area contributed by atoms with Crippen LogP contribution >= 0.6 is 0 Å². The lowest BCUT2D eigenvalue weighted by Gasteiger charge is -2.31. The van der Waals surface area contributed by atoms with Crippen LogP contribution in [-0.4, -0.2) is 0 Å². The molecule has 0 heteroatoms. The summed E-state index contributed by atoms with van der Waals surface area (Å²) in [5.74, 6) is 4.38. The first-order valence-corrected chi connectivity index (χ1v) is 10.1. The molecule has 0 nitrogen and oxygen atoms in total. The number of hydrogen-bond acceptors (Lipinski definition) is 0. The zero-order chi connectivity index (χ0) is 17.3. The normalized spacial score (nSPS) is 18.3. The van der Waals surface area contributed by atoms with Gasteiger partial charge < -0.3 is 0 Å². The standard InChI is InChI=1S/C22H46/c1-10-13-22(8,9)16-21(7)20(6)12-11-18(4)15-19(5)14-17(2)3/h17-21H,10-16H2,1-9H3. The summed E-state index contributed by atoms with van der Waals surface area (Å²) in [7, 11) is 0. The highest BCUT2D eigenvalue weighted by Gasteiger charge is 2.23. The molecule has 0 saturated carbocycles. The smallest absolute Gasteiger partial charge is 0.0352 e. The van der Waals surface area contributed by atoms with Gasteiger partial charge in [-0.3, -0.25) is 0 Å². The molecule has 4 atom stereocenters. The average Bonchev–Trinajstić information content (AvgIpc) is 2.33. The van der Waals surface area contributed by atoms with E-state index in [0.717, 1.165) is 29.6 Å². The summed E-state index contributed by atoms with van der Waals surface area (Å²) in [6, 6.07) is 0. The predicted molar refractivity (Wildman–Crippen MR) is 103 cm³/mol. The van der Waals surface area contributed by atoms with Crippen molar-refractivity contribution in [1.29, 1.82) is 0 Å². The van der Waals surface area contributed by atoms with Gasteiger partial charge in [-0.2, -0.15) is 0 Å². The minimum atomic E-state index is 0.528. The molecular weight excluding hydrogens is 264 g/mol. The number of hydrogen-bond donors (Lipinski definition) is 0. The first-order valence-electron chi connectivity index (χ1n) is 10.1. The summed E-state index contributed by atoms with van der Waals surface area (Å²) in [6.45, 7) is 21.8. The van der Waals surface area contributed by atoms with Crippen LogP contribution in [0.4, 0.5) is 0 Å². The van der Waals surface area contributed by atoms with E-state index in [0.29, 0.717) is 5.41 Å². The Morgan fingerprint density at radius 1 is 0.727 bits per heavy atom. The molecule has 134 valence electrons. The molecule has 0 N–H and O–H groups in total. The third-order valence-corrected chi connectivity index (χ3v) is 5.57. The Bertz CT molecular complexity index is 263. The molecule has 0 heterocycles. The molecule has 0 bridgehead atoms. The highest BCUT2D eigenvalue weighted by atomic mass is 14.3. The second-order valence-electron chi connectivity index (χ2n) is 9.73. The second-order valence-corrected chi connectivity index (χ2v) is 9.73. The van der Waals surface area contributed by atoms with Gasteiger partial charge in [0.1, 0.15) is 0 Å². The molecule has 0 aromatic carbocycles. The molecule has 0 aliphatic heterocycles. The minimum absolute atomic E-state index is 0.528. The van der Waals surface area contributed by atoms with E-state index < -0.39 is 0 Å². The van der Waals surface area contributed by atoms with Crippen LogP contribution in [0.15, 0.2) is 0 Å². The Hall–Kier alpha value is 0. The van der Waals surface area contributed by atoms with E-state index in [-0.39, 0.29) is 0 Å². The van der Waals surface area contributed by atoms with Crippen LogP contribution in [0.2, 0.25) is 0 Å². The predicted octanol–water partition coefficient (Wildman–Crippen LogP) is 7.96. The maximum atomic E-state index is 2.48. The van der Waals surface area contributed by atoms with Crippen molar-refractivity contribution in [3.63, 3.8) is 0 Å². The van der Waals surface area contributed by atoms with Gasteiger partial charge in [-0.05, 0) is 60.7 Å². The first-order chi connectivity index (χ1) is 10.1. The van der Waals surface area contributed by atoms with Crippen molar-refractivity contribution < 1.29 is 0 Å². The van der Waals surface area contributed by atoms with Crippen LogP contribution in [0.3, 0.4) is 0 Å². The fraction of sp³-hybridized carbons (Fsp3) is 1.00. The largest absolute Gasteiger partial charge is 0.0654 e. The molecule has 0 spiro atoms. The van der Waals surface area contributed by atoms with Crippen molar-refractivity contribution in [2.24, 2.45) is 35.0 Å². The molecule has 4 unspecified atom stereocenters. The van der Waals surface area contributed by atoms with Crippen molar-refractivity contribution in [2.45, 2.75) is 107 Å². The zero-order valence-corrected chi connectivity index (χ0v) is 17.3. The summed E-state index contributed by atoms with van der Waals surface area (Å²) in [5.41, 5.74) is 0.528. The van der Waals surface area contributed by atoms with Gasteiger partial charge in [0, 0.05) is 0 Å². The molecule has 0 fully saturated rings. The third kappa shape index (κ3) is 10.7. The summed E-state index contributed by atoms with van der Waals surface area (Å²) in [6.07, 6.45) is 9.72. The van der Waals surface area contributed by atoms with Crippen LogP contribution in [0.5, 0.6) is 0 Å². The fourth-order valence-corrected chi connectivity index (χ4v) is 4.39. The molecule has 0 radical (unpaired) electrons. The molecule has 0 aliphatic rings. The van der Waals surface area contributed by atoms with E-state index in [9.17, 15) is 0 Å². The lowest BCUT2D eigenvalue weighted by atomic mass is 9.75. The third-order valence-electron chi connectivity index (χ3n) is 5.57. The summed E-state index contributed by atoms with van der Waals surface area (Å²) in [4.78, 5) is 0. The van der Waals surface area contributed by atoms with Gasteiger partial charge in [0.05, 0.1) is 0 Å². The lowest BCUT2D eigenvalue weighted by molar-refractivity contribution is 0.200. The van der Waals surface area contributed by atoms with Gasteiger partial charge in [0.2, 0.25) is 0 Å². The summed E-state index contributed by atoms with van der Waals surface area (Å²) >= 11 is 0. The van der Waals surface area contributed by atoms with E-state index in [1.54, 1.807) is 0 Å². The van der Waals surface area contributed by atoms with Crippen LogP contribution < -0.4 is 0 Å². The molecular formula is C22H46. The van der Waals surface area contributed by atoms with Crippen LogP contribution in [0.1, 0.15) is 107 Å². The van der Waals surface area contributed by atoms with Gasteiger partial charge in [0.25, 0.3) is 0 Å². The highest BCUT2D eigenvalue weighted by Crippen LogP contribution is 2.35. The van der Waals surface area contributed by atoms with Crippen LogP contribution in [0.25, 0.3) is 0 Å². The quantitative estimate of drug-likeness (QED) is 0.343. The van der Waals surface area contributed by atoms with Gasteiger partial charge in [-0.15, -0.1) is 0 Å². The van der Waals surface area contributed by atoms with Gasteiger partial charge in [-0.25, -0.2) is 0 Å². The monoisotopic (exact) mass is 310 g/mol. The Morgan fingerprint density at radius 3 is 1.82 bits per heavy atom. The van der Waals surface area contributed by atoms with Crippen LogP contribution in [0, 0.1) is 35.0 Å². The maximum absolute atomic E-state index is 2.48. The molecule has 22 heavy (non-hydrogen) atoms. The topological polar surface area (TPSA) is 0 Å². The lowest BCUT2D eigenvalue weighted by Crippen LogP contribution is -2.20. The van der Waals surface area contributed by atoms with Crippen molar-refractivity contribution in [3.05, 3.63) is 0 Å². The Kier molecular flexibility index (Phi) is 10.7. The Balaban J connectivity index is 4.07. The second kappa shape index (κ2) is 10.7. The summed E-state index contributed by atoms with van der Waals surface area (Å²) in [5, 5.41) is 0. The van der Waals surface area contributed by atoms with Crippen molar-refractivity contribution in [1.82, 2.24) is 0 Å². The minimum Gasteiger partial charge on any atom is -0.0654 e. The molecule has 0 aromatic rings. The van der Waals surface area contributed by atoms with Crippen LogP contribution in [-0.2, 0) is 0 Å². The Morgan fingerprint density at radius 2 is 1.32 bits per heavy atom. The molecule has 0 aromatic heterocycles. The van der Waals surface area contributed by atoms with Gasteiger partial charge in [0.15, 0.2) is 0 Å².